The SMILES string of the molecule is CCc1ccc(S(=O)(=O)NCC2CCN(Cc3cccs3)CC2)cc1. The van der Waals surface area contributed by atoms with Gasteiger partial charge in [0.1, 0.15) is 0 Å². The third-order valence-electron chi connectivity index (χ3n) is 4.87. The van der Waals surface area contributed by atoms with Gasteiger partial charge in [0.2, 0.25) is 10.0 Å². The monoisotopic (exact) mass is 378 g/mol. The zero-order valence-electron chi connectivity index (χ0n) is 14.6. The maximum Gasteiger partial charge on any atom is 0.240 e. The van der Waals surface area contributed by atoms with Gasteiger partial charge in [0, 0.05) is 18.0 Å². The largest absolute Gasteiger partial charge is 0.298 e. The van der Waals surface area contributed by atoms with Gasteiger partial charge in [-0.25, -0.2) is 13.1 Å². The molecule has 1 aromatic heterocycles. The van der Waals surface area contributed by atoms with E-state index in [4.69, 9.17) is 0 Å². The van der Waals surface area contributed by atoms with E-state index >= 15 is 0 Å². The molecule has 0 bridgehead atoms. The van der Waals surface area contributed by atoms with Crippen molar-refractivity contribution in [1.29, 1.82) is 0 Å². The van der Waals surface area contributed by atoms with Crippen molar-refractivity contribution in [3.05, 3.63) is 52.2 Å². The third-order valence-corrected chi connectivity index (χ3v) is 7.17. The number of aryl methyl sites for hydroxylation is 1. The number of piperidine rings is 1. The first-order valence-corrected chi connectivity index (χ1v) is 11.3. The molecule has 0 radical (unpaired) electrons. The van der Waals surface area contributed by atoms with Crippen LogP contribution < -0.4 is 4.72 Å². The molecule has 25 heavy (non-hydrogen) atoms. The van der Waals surface area contributed by atoms with E-state index in [2.05, 4.69) is 34.1 Å². The quantitative estimate of drug-likeness (QED) is 0.802. The molecule has 0 atom stereocenters. The lowest BCUT2D eigenvalue weighted by atomic mass is 9.97. The van der Waals surface area contributed by atoms with Crippen molar-refractivity contribution in [2.45, 2.75) is 37.6 Å². The zero-order chi connectivity index (χ0) is 17.7. The number of hydrogen-bond donors (Lipinski definition) is 1. The standard InChI is InChI=1S/C19H26N2O2S2/c1-2-16-5-7-19(8-6-16)25(22,23)20-14-17-9-11-21(12-10-17)15-18-4-3-13-24-18/h3-8,13,17,20H,2,9-12,14-15H2,1H3. The predicted octanol–water partition coefficient (Wildman–Crippen LogP) is 3.50. The molecule has 2 heterocycles. The molecule has 1 aliphatic heterocycles. The summed E-state index contributed by atoms with van der Waals surface area (Å²) < 4.78 is 27.7. The Hall–Kier alpha value is -1.21. The molecule has 1 aliphatic rings. The number of rotatable bonds is 7. The second-order valence-corrected chi connectivity index (χ2v) is 9.45. The second-order valence-electron chi connectivity index (χ2n) is 6.65. The normalized spacial score (nSPS) is 17.0. The Labute approximate surface area is 154 Å². The van der Waals surface area contributed by atoms with E-state index in [9.17, 15) is 8.42 Å². The van der Waals surface area contributed by atoms with Crippen LogP contribution in [0.3, 0.4) is 0 Å². The molecule has 1 saturated heterocycles. The van der Waals surface area contributed by atoms with Crippen LogP contribution >= 0.6 is 11.3 Å². The number of thiophene rings is 1. The Balaban J connectivity index is 1.47. The van der Waals surface area contributed by atoms with Gasteiger partial charge in [-0.3, -0.25) is 4.90 Å². The molecule has 1 N–H and O–H groups in total. The van der Waals surface area contributed by atoms with E-state index in [-0.39, 0.29) is 0 Å². The highest BCUT2D eigenvalue weighted by atomic mass is 32.2. The first kappa shape index (κ1) is 18.6. The Kier molecular flexibility index (Phi) is 6.28. The van der Waals surface area contributed by atoms with Crippen LogP contribution in [0, 0.1) is 5.92 Å². The van der Waals surface area contributed by atoms with E-state index in [0.29, 0.717) is 17.4 Å². The summed E-state index contributed by atoms with van der Waals surface area (Å²) in [5.74, 6) is 0.421. The second kappa shape index (κ2) is 8.45. The highest BCUT2D eigenvalue weighted by molar-refractivity contribution is 7.89. The Morgan fingerprint density at radius 2 is 1.88 bits per heavy atom. The van der Waals surface area contributed by atoms with Gasteiger partial charge in [0.25, 0.3) is 0 Å². The fourth-order valence-electron chi connectivity index (χ4n) is 3.19. The molecule has 0 amide bonds. The lowest BCUT2D eigenvalue weighted by molar-refractivity contribution is 0.180. The van der Waals surface area contributed by atoms with Crippen LogP contribution in [-0.2, 0) is 23.0 Å². The first-order chi connectivity index (χ1) is 12.1. The van der Waals surface area contributed by atoms with E-state index in [0.717, 1.165) is 44.5 Å². The fraction of sp³-hybridized carbons (Fsp3) is 0.474. The van der Waals surface area contributed by atoms with Crippen molar-refractivity contribution in [1.82, 2.24) is 9.62 Å². The smallest absolute Gasteiger partial charge is 0.240 e. The van der Waals surface area contributed by atoms with E-state index in [1.807, 2.05) is 12.1 Å². The summed E-state index contributed by atoms with van der Waals surface area (Å²) in [6, 6.07) is 11.4. The molecule has 136 valence electrons. The minimum absolute atomic E-state index is 0.361. The van der Waals surface area contributed by atoms with E-state index < -0.39 is 10.0 Å². The summed E-state index contributed by atoms with van der Waals surface area (Å²) in [5.41, 5.74) is 1.15. The number of nitrogens with one attached hydrogen (secondary N) is 1. The van der Waals surface area contributed by atoms with Crippen LogP contribution in [0.15, 0.2) is 46.7 Å². The third kappa shape index (κ3) is 5.14. The first-order valence-electron chi connectivity index (χ1n) is 8.90. The molecule has 0 saturated carbocycles. The van der Waals surface area contributed by atoms with Gasteiger partial charge in [0.05, 0.1) is 4.90 Å². The molecule has 0 unspecified atom stereocenters. The van der Waals surface area contributed by atoms with Gasteiger partial charge in [0.15, 0.2) is 0 Å². The van der Waals surface area contributed by atoms with Crippen molar-refractivity contribution >= 4 is 21.4 Å². The molecule has 0 aliphatic carbocycles. The molecular formula is C19H26N2O2S2. The summed E-state index contributed by atoms with van der Waals surface area (Å²) in [4.78, 5) is 4.22. The van der Waals surface area contributed by atoms with Gasteiger partial charge in [-0.2, -0.15) is 0 Å². The average Bonchev–Trinajstić information content (AvgIpc) is 3.14. The minimum atomic E-state index is -3.40. The lowest BCUT2D eigenvalue weighted by Crippen LogP contribution is -2.38. The zero-order valence-corrected chi connectivity index (χ0v) is 16.3. The summed E-state index contributed by atoms with van der Waals surface area (Å²) in [7, 11) is -3.40. The van der Waals surface area contributed by atoms with Crippen molar-refractivity contribution in [2.75, 3.05) is 19.6 Å². The maximum absolute atomic E-state index is 12.4. The summed E-state index contributed by atoms with van der Waals surface area (Å²) in [6.45, 7) is 5.68. The van der Waals surface area contributed by atoms with Crippen LogP contribution in [0.1, 0.15) is 30.2 Å². The topological polar surface area (TPSA) is 49.4 Å². The van der Waals surface area contributed by atoms with Crippen LogP contribution in [0.4, 0.5) is 0 Å². The van der Waals surface area contributed by atoms with Gasteiger partial charge in [-0.05, 0) is 67.4 Å². The highest BCUT2D eigenvalue weighted by Crippen LogP contribution is 2.21. The van der Waals surface area contributed by atoms with Crippen molar-refractivity contribution in [3.8, 4) is 0 Å². The predicted molar refractivity (Wildman–Crippen MR) is 103 cm³/mol. The van der Waals surface area contributed by atoms with Gasteiger partial charge in [-0.1, -0.05) is 25.1 Å². The summed E-state index contributed by atoms with van der Waals surface area (Å²) in [6.07, 6.45) is 3.00. The number of sulfonamides is 1. The van der Waals surface area contributed by atoms with Crippen LogP contribution in [0.5, 0.6) is 0 Å². The van der Waals surface area contributed by atoms with Crippen molar-refractivity contribution in [2.24, 2.45) is 5.92 Å². The number of likely N-dealkylation sites (tertiary alicyclic amines) is 1. The minimum Gasteiger partial charge on any atom is -0.298 e. The van der Waals surface area contributed by atoms with Crippen LogP contribution in [0.2, 0.25) is 0 Å². The van der Waals surface area contributed by atoms with E-state index in [1.54, 1.807) is 23.5 Å². The van der Waals surface area contributed by atoms with Crippen LogP contribution in [-0.4, -0.2) is 33.0 Å². The molecule has 4 nitrogen and oxygen atoms in total. The molecule has 6 heteroatoms. The molecule has 3 rings (SSSR count). The van der Waals surface area contributed by atoms with E-state index in [1.165, 1.54) is 4.88 Å². The lowest BCUT2D eigenvalue weighted by Gasteiger charge is -2.31. The van der Waals surface area contributed by atoms with Crippen molar-refractivity contribution < 1.29 is 8.42 Å². The fourth-order valence-corrected chi connectivity index (χ4v) is 5.05. The van der Waals surface area contributed by atoms with Gasteiger partial charge in [-0.15, -0.1) is 11.3 Å². The Morgan fingerprint density at radius 1 is 1.16 bits per heavy atom. The van der Waals surface area contributed by atoms with Gasteiger partial charge < -0.3 is 0 Å². The van der Waals surface area contributed by atoms with Crippen molar-refractivity contribution in [3.63, 3.8) is 0 Å². The molecule has 1 fully saturated rings. The van der Waals surface area contributed by atoms with Gasteiger partial charge >= 0.3 is 0 Å². The highest BCUT2D eigenvalue weighted by Gasteiger charge is 2.22. The number of nitrogens with zero attached hydrogens (tertiary/aromatic N) is 1. The molecular weight excluding hydrogens is 352 g/mol. The number of hydrogen-bond acceptors (Lipinski definition) is 4. The molecule has 0 spiro atoms. The summed E-state index contributed by atoms with van der Waals surface area (Å²) in [5, 5.41) is 2.11. The Bertz CT molecular complexity index is 747. The van der Waals surface area contributed by atoms with Crippen LogP contribution in [0.25, 0.3) is 0 Å². The molecule has 1 aromatic carbocycles. The Morgan fingerprint density at radius 3 is 2.48 bits per heavy atom. The summed E-state index contributed by atoms with van der Waals surface area (Å²) >= 11 is 1.80. The maximum atomic E-state index is 12.4. The number of benzene rings is 1. The molecule has 2 aromatic rings. The average molecular weight is 379 g/mol.